The van der Waals surface area contributed by atoms with Gasteiger partial charge >= 0.3 is 0 Å². The summed E-state index contributed by atoms with van der Waals surface area (Å²) < 4.78 is 0.680. The van der Waals surface area contributed by atoms with E-state index in [0.29, 0.717) is 60.4 Å². The summed E-state index contributed by atoms with van der Waals surface area (Å²) in [7, 11) is 2.21. The number of nitrogens with zero attached hydrogens (tertiary/aromatic N) is 1. The molecular formula is C61H120NO3+. The molecule has 0 radical (unpaired) electrons. The lowest BCUT2D eigenvalue weighted by Crippen LogP contribution is -2.48. The van der Waals surface area contributed by atoms with Gasteiger partial charge in [-0.05, 0) is 19.3 Å². The first-order chi connectivity index (χ1) is 31.9. The summed E-state index contributed by atoms with van der Waals surface area (Å²) in [4.78, 5) is 39.3. The van der Waals surface area contributed by atoms with Crippen LogP contribution in [0.25, 0.3) is 0 Å². The molecule has 4 nitrogen and oxygen atoms in total. The van der Waals surface area contributed by atoms with Crippen molar-refractivity contribution < 1.29 is 18.9 Å². The zero-order valence-electron chi connectivity index (χ0n) is 45.4. The lowest BCUT2D eigenvalue weighted by molar-refractivity contribution is -0.907. The van der Waals surface area contributed by atoms with Gasteiger partial charge in [-0.3, -0.25) is 14.4 Å². The van der Waals surface area contributed by atoms with Crippen LogP contribution in [-0.4, -0.2) is 48.5 Å². The average Bonchev–Trinajstić information content (AvgIpc) is 3.30. The Kier molecular flexibility index (Phi) is 51.5. The number of carbonyl (C=O) groups excluding carboxylic acids is 3. The Bertz CT molecular complexity index is 870. The molecular weight excluding hydrogens is 795 g/mol. The molecule has 4 heteroatoms. The molecule has 0 saturated heterocycles. The Morgan fingerprint density at radius 1 is 0.215 bits per heavy atom. The minimum absolute atomic E-state index is 0.373. The van der Waals surface area contributed by atoms with E-state index in [2.05, 4.69) is 27.8 Å². The first kappa shape index (κ1) is 64.0. The first-order valence-electron chi connectivity index (χ1n) is 30.3. The number of quaternary nitrogens is 1. The van der Waals surface area contributed by atoms with Crippen molar-refractivity contribution in [2.45, 2.75) is 348 Å². The smallest absolute Gasteiger partial charge is 0.138 e. The van der Waals surface area contributed by atoms with Gasteiger partial charge in [0.05, 0.1) is 45.9 Å². The second-order valence-corrected chi connectivity index (χ2v) is 21.8. The van der Waals surface area contributed by atoms with E-state index >= 15 is 0 Å². The zero-order chi connectivity index (χ0) is 47.4. The molecule has 0 aromatic carbocycles. The summed E-state index contributed by atoms with van der Waals surface area (Å²) in [5.74, 6) is 1.12. The van der Waals surface area contributed by atoms with Crippen molar-refractivity contribution in [2.75, 3.05) is 26.7 Å². The lowest BCUT2D eigenvalue weighted by Gasteiger charge is -2.34. The van der Waals surface area contributed by atoms with E-state index in [4.69, 9.17) is 0 Å². The van der Waals surface area contributed by atoms with Crippen LogP contribution in [0.1, 0.15) is 348 Å². The van der Waals surface area contributed by atoms with Gasteiger partial charge in [-0.1, -0.05) is 290 Å². The van der Waals surface area contributed by atoms with Gasteiger partial charge in [-0.15, -0.1) is 0 Å². The Labute approximate surface area is 409 Å². The summed E-state index contributed by atoms with van der Waals surface area (Å²) in [6, 6.07) is 0. The second kappa shape index (κ2) is 52.3. The summed E-state index contributed by atoms with van der Waals surface area (Å²) >= 11 is 0. The number of hydrogen-bond donors (Lipinski definition) is 0. The molecule has 0 atom stereocenters. The maximum atomic E-state index is 13.1. The average molecular weight is 916 g/mol. The molecule has 0 aromatic rings. The minimum atomic E-state index is 0.373. The van der Waals surface area contributed by atoms with Gasteiger partial charge in [0.1, 0.15) is 17.3 Å². The highest BCUT2D eigenvalue weighted by Crippen LogP contribution is 2.19. The Morgan fingerprint density at radius 3 is 0.508 bits per heavy atom. The number of rotatable bonds is 57. The number of hydrogen-bond acceptors (Lipinski definition) is 3. The van der Waals surface area contributed by atoms with Crippen molar-refractivity contribution in [1.82, 2.24) is 0 Å². The van der Waals surface area contributed by atoms with E-state index in [1.807, 2.05) is 0 Å². The molecule has 0 bridgehead atoms. The molecule has 0 fully saturated rings. The fraction of sp³-hybridized carbons (Fsp3) is 0.951. The van der Waals surface area contributed by atoms with Gasteiger partial charge in [0.15, 0.2) is 0 Å². The quantitative estimate of drug-likeness (QED) is 0.0451. The molecule has 0 N–H and O–H groups in total. The molecule has 386 valence electrons. The minimum Gasteiger partial charge on any atom is -0.325 e. The molecule has 0 spiro atoms. The Balaban J connectivity index is 4.41. The van der Waals surface area contributed by atoms with Crippen LogP contribution in [0.5, 0.6) is 0 Å². The molecule has 0 aromatic heterocycles. The topological polar surface area (TPSA) is 51.2 Å². The summed E-state index contributed by atoms with van der Waals surface area (Å²) in [6.07, 6.45) is 64.1. The molecule has 0 rings (SSSR count). The van der Waals surface area contributed by atoms with Gasteiger partial charge in [-0.25, -0.2) is 0 Å². The van der Waals surface area contributed by atoms with Crippen molar-refractivity contribution in [3.05, 3.63) is 0 Å². The maximum Gasteiger partial charge on any atom is 0.138 e. The molecule has 65 heavy (non-hydrogen) atoms. The lowest BCUT2D eigenvalue weighted by atomic mass is 10.0. The van der Waals surface area contributed by atoms with Crippen LogP contribution in [0.2, 0.25) is 0 Å². The van der Waals surface area contributed by atoms with E-state index in [1.54, 1.807) is 0 Å². The van der Waals surface area contributed by atoms with Crippen LogP contribution in [-0.2, 0) is 14.4 Å². The van der Waals surface area contributed by atoms with E-state index in [9.17, 15) is 14.4 Å². The molecule has 0 saturated carbocycles. The second-order valence-electron chi connectivity index (χ2n) is 21.8. The van der Waals surface area contributed by atoms with Gasteiger partial charge in [-0.2, -0.15) is 0 Å². The van der Waals surface area contributed by atoms with Crippen LogP contribution in [0.4, 0.5) is 0 Å². The highest BCUT2D eigenvalue weighted by atomic mass is 16.1. The number of Topliss-reactive ketones (excluding diaryl/α,β-unsaturated/α-hetero) is 3. The predicted molar refractivity (Wildman–Crippen MR) is 288 cm³/mol. The third-order valence-electron chi connectivity index (χ3n) is 15.0. The van der Waals surface area contributed by atoms with Crippen molar-refractivity contribution in [3.8, 4) is 0 Å². The van der Waals surface area contributed by atoms with Crippen molar-refractivity contribution in [2.24, 2.45) is 0 Å². The predicted octanol–water partition coefficient (Wildman–Crippen LogP) is 20.1. The summed E-state index contributed by atoms with van der Waals surface area (Å²) in [5, 5.41) is 0. The molecule has 0 aliphatic carbocycles. The van der Waals surface area contributed by atoms with Crippen LogP contribution >= 0.6 is 0 Å². The molecule has 0 unspecified atom stereocenters. The van der Waals surface area contributed by atoms with Crippen molar-refractivity contribution in [1.29, 1.82) is 0 Å². The van der Waals surface area contributed by atoms with E-state index < -0.39 is 0 Å². The van der Waals surface area contributed by atoms with Gasteiger partial charge < -0.3 is 4.48 Å². The Morgan fingerprint density at radius 2 is 0.354 bits per heavy atom. The third kappa shape index (κ3) is 50.7. The zero-order valence-corrected chi connectivity index (χ0v) is 45.4. The SMILES string of the molecule is CCCCCCCCCCCCCCCCCC(=O)CC[N+](C)(CCC(=O)CCCCCCCCCCCCCCCCC)CCC(=O)CCCCCCCCCCCCCCCCC. The standard InChI is InChI=1S/C61H120NO3/c1-5-8-11-14-17-20-23-26-29-32-35-38-41-44-47-50-59(63)53-56-62(4,57-54-60(64)51-48-45-42-39-36-33-30-27-24-21-18-15-12-9-6-2)58-55-61(65)52-49-46-43-40-37-34-31-28-25-22-19-16-13-10-7-3/h5-58H2,1-4H3/q+1. The highest BCUT2D eigenvalue weighted by Gasteiger charge is 2.25. The van der Waals surface area contributed by atoms with Crippen molar-refractivity contribution >= 4 is 17.3 Å². The van der Waals surface area contributed by atoms with Crippen LogP contribution in [0.15, 0.2) is 0 Å². The van der Waals surface area contributed by atoms with E-state index in [1.165, 1.54) is 250 Å². The van der Waals surface area contributed by atoms with E-state index in [0.717, 1.165) is 58.2 Å². The van der Waals surface area contributed by atoms with E-state index in [-0.39, 0.29) is 0 Å². The molecule has 0 amide bonds. The van der Waals surface area contributed by atoms with Gasteiger partial charge in [0, 0.05) is 19.3 Å². The third-order valence-corrected chi connectivity index (χ3v) is 15.0. The normalized spacial score (nSPS) is 11.8. The van der Waals surface area contributed by atoms with Crippen LogP contribution < -0.4 is 0 Å². The molecule has 0 aliphatic heterocycles. The number of unbranched alkanes of at least 4 members (excludes halogenated alkanes) is 42. The molecule has 0 aliphatic rings. The van der Waals surface area contributed by atoms with Crippen LogP contribution in [0.3, 0.4) is 0 Å². The monoisotopic (exact) mass is 915 g/mol. The highest BCUT2D eigenvalue weighted by molar-refractivity contribution is 5.79. The summed E-state index contributed by atoms with van der Waals surface area (Å²) in [6.45, 7) is 9.15. The van der Waals surface area contributed by atoms with Crippen LogP contribution in [0, 0.1) is 0 Å². The Hall–Kier alpha value is -1.03. The fourth-order valence-electron chi connectivity index (χ4n) is 9.97. The number of ketones is 3. The number of carbonyl (C=O) groups is 3. The molecule has 0 heterocycles. The maximum absolute atomic E-state index is 13.1. The van der Waals surface area contributed by atoms with Gasteiger partial charge in [0.2, 0.25) is 0 Å². The fourth-order valence-corrected chi connectivity index (χ4v) is 9.97. The first-order valence-corrected chi connectivity index (χ1v) is 30.3. The van der Waals surface area contributed by atoms with Gasteiger partial charge in [0.25, 0.3) is 0 Å². The summed E-state index contributed by atoms with van der Waals surface area (Å²) in [5.41, 5.74) is 0. The largest absolute Gasteiger partial charge is 0.325 e. The van der Waals surface area contributed by atoms with Crippen molar-refractivity contribution in [3.63, 3.8) is 0 Å².